The number of amides is 1. The second-order valence-corrected chi connectivity index (χ2v) is 6.55. The summed E-state index contributed by atoms with van der Waals surface area (Å²) < 4.78 is 10.8. The maximum absolute atomic E-state index is 11.6. The van der Waals surface area contributed by atoms with Gasteiger partial charge < -0.3 is 9.47 Å². The monoisotopic (exact) mass is 339 g/mol. The van der Waals surface area contributed by atoms with Gasteiger partial charge in [0.25, 0.3) is 0 Å². The summed E-state index contributed by atoms with van der Waals surface area (Å²) in [6.45, 7) is 4.61. The Morgan fingerprint density at radius 3 is 2.64 bits per heavy atom. The number of benzene rings is 2. The van der Waals surface area contributed by atoms with E-state index in [2.05, 4.69) is 43.4 Å². The van der Waals surface area contributed by atoms with Gasteiger partial charge in [0.05, 0.1) is 12.8 Å². The number of carbonyl (C=O) groups is 1. The molecule has 4 heteroatoms. The topological polar surface area (TPSA) is 47.6 Å². The minimum Gasteiger partial charge on any atom is -0.489 e. The molecule has 25 heavy (non-hydrogen) atoms. The number of nitrogens with one attached hydrogen (secondary N) is 1. The van der Waals surface area contributed by atoms with Crippen molar-refractivity contribution in [2.75, 3.05) is 12.4 Å². The SMILES string of the molecule is CCc1ccc(OCc2cc(C3CC3)ccc2NC(=O)OC)c(C)c1. The molecule has 1 aliphatic carbocycles. The molecule has 0 spiro atoms. The highest BCUT2D eigenvalue weighted by atomic mass is 16.5. The van der Waals surface area contributed by atoms with Gasteiger partial charge >= 0.3 is 6.09 Å². The van der Waals surface area contributed by atoms with Gasteiger partial charge in [-0.05, 0) is 60.9 Å². The molecule has 4 nitrogen and oxygen atoms in total. The first-order valence-corrected chi connectivity index (χ1v) is 8.80. The summed E-state index contributed by atoms with van der Waals surface area (Å²) in [6, 6.07) is 12.4. The number of rotatable bonds is 6. The van der Waals surface area contributed by atoms with Crippen molar-refractivity contribution in [3.8, 4) is 5.75 Å². The number of ether oxygens (including phenoxy) is 2. The molecule has 2 aromatic rings. The second-order valence-electron chi connectivity index (χ2n) is 6.55. The van der Waals surface area contributed by atoms with E-state index in [1.807, 2.05) is 12.1 Å². The highest BCUT2D eigenvalue weighted by molar-refractivity contribution is 5.85. The van der Waals surface area contributed by atoms with Gasteiger partial charge in [0.2, 0.25) is 0 Å². The van der Waals surface area contributed by atoms with Gasteiger partial charge in [0.1, 0.15) is 12.4 Å². The van der Waals surface area contributed by atoms with Crippen LogP contribution in [0.1, 0.15) is 47.9 Å². The standard InChI is InChI=1S/C21H25NO3/c1-4-15-5-10-20(14(2)11-15)25-13-18-12-17(16-6-7-16)8-9-19(18)22-21(23)24-3/h5,8-12,16H,4,6-7,13H2,1-3H3,(H,22,23). The van der Waals surface area contributed by atoms with E-state index in [1.54, 1.807) is 0 Å². The third kappa shape index (κ3) is 4.32. The van der Waals surface area contributed by atoms with Crippen molar-refractivity contribution in [2.24, 2.45) is 0 Å². The molecule has 1 fully saturated rings. The molecule has 0 saturated heterocycles. The summed E-state index contributed by atoms with van der Waals surface area (Å²) in [7, 11) is 1.36. The summed E-state index contributed by atoms with van der Waals surface area (Å²) in [6.07, 6.45) is 3.02. The molecule has 0 atom stereocenters. The van der Waals surface area contributed by atoms with Gasteiger partial charge in [-0.3, -0.25) is 5.32 Å². The highest BCUT2D eigenvalue weighted by Gasteiger charge is 2.24. The molecule has 2 aromatic carbocycles. The minimum absolute atomic E-state index is 0.409. The average molecular weight is 339 g/mol. The smallest absolute Gasteiger partial charge is 0.411 e. The fourth-order valence-corrected chi connectivity index (χ4v) is 2.94. The number of anilines is 1. The number of aryl methyl sites for hydroxylation is 2. The van der Waals surface area contributed by atoms with E-state index >= 15 is 0 Å². The molecular weight excluding hydrogens is 314 g/mol. The van der Waals surface area contributed by atoms with Crippen LogP contribution in [-0.2, 0) is 17.8 Å². The Balaban J connectivity index is 1.79. The summed E-state index contributed by atoms with van der Waals surface area (Å²) in [5.74, 6) is 1.52. The Labute approximate surface area is 149 Å². The molecule has 0 aromatic heterocycles. The highest BCUT2D eigenvalue weighted by Crippen LogP contribution is 2.41. The van der Waals surface area contributed by atoms with E-state index in [0.29, 0.717) is 12.5 Å². The lowest BCUT2D eigenvalue weighted by atomic mass is 10.1. The van der Waals surface area contributed by atoms with Gasteiger partial charge in [-0.15, -0.1) is 0 Å². The van der Waals surface area contributed by atoms with Crippen LogP contribution < -0.4 is 10.1 Å². The van der Waals surface area contributed by atoms with E-state index in [4.69, 9.17) is 9.47 Å². The first-order valence-electron chi connectivity index (χ1n) is 8.80. The number of hydrogen-bond acceptors (Lipinski definition) is 3. The predicted octanol–water partition coefficient (Wildman–Crippen LogP) is 5.19. The Hall–Kier alpha value is -2.49. The van der Waals surface area contributed by atoms with E-state index in [0.717, 1.165) is 29.0 Å². The van der Waals surface area contributed by atoms with Crippen molar-refractivity contribution >= 4 is 11.8 Å². The fourth-order valence-electron chi connectivity index (χ4n) is 2.94. The molecule has 0 bridgehead atoms. The van der Waals surface area contributed by atoms with Crippen molar-refractivity contribution in [1.82, 2.24) is 0 Å². The van der Waals surface area contributed by atoms with Crippen LogP contribution in [0.3, 0.4) is 0 Å². The molecule has 0 aliphatic heterocycles. The Morgan fingerprint density at radius 1 is 1.20 bits per heavy atom. The molecular formula is C21H25NO3. The van der Waals surface area contributed by atoms with Crippen LogP contribution in [0.15, 0.2) is 36.4 Å². The fraction of sp³-hybridized carbons (Fsp3) is 0.381. The van der Waals surface area contributed by atoms with Crippen LogP contribution >= 0.6 is 0 Å². The van der Waals surface area contributed by atoms with Gasteiger partial charge in [0.15, 0.2) is 0 Å². The van der Waals surface area contributed by atoms with Gasteiger partial charge in [-0.1, -0.05) is 31.2 Å². The van der Waals surface area contributed by atoms with Crippen molar-refractivity contribution in [1.29, 1.82) is 0 Å². The van der Waals surface area contributed by atoms with Crippen LogP contribution in [0.4, 0.5) is 10.5 Å². The molecule has 0 radical (unpaired) electrons. The lowest BCUT2D eigenvalue weighted by Gasteiger charge is -2.15. The molecule has 1 saturated carbocycles. The summed E-state index contributed by atoms with van der Waals surface area (Å²) in [5.41, 5.74) is 5.44. The molecule has 132 valence electrons. The Morgan fingerprint density at radius 2 is 2.00 bits per heavy atom. The second kappa shape index (κ2) is 7.60. The molecule has 0 unspecified atom stereocenters. The van der Waals surface area contributed by atoms with Crippen molar-refractivity contribution in [3.05, 3.63) is 58.7 Å². The molecule has 1 N–H and O–H groups in total. The van der Waals surface area contributed by atoms with Gasteiger partial charge in [-0.2, -0.15) is 0 Å². The Bertz CT molecular complexity index is 766. The van der Waals surface area contributed by atoms with Crippen molar-refractivity contribution in [2.45, 2.75) is 45.6 Å². The van der Waals surface area contributed by atoms with Crippen LogP contribution in [0.2, 0.25) is 0 Å². The third-order valence-electron chi connectivity index (χ3n) is 4.63. The largest absolute Gasteiger partial charge is 0.489 e. The van der Waals surface area contributed by atoms with Gasteiger partial charge in [0, 0.05) is 5.56 Å². The van der Waals surface area contributed by atoms with Crippen molar-refractivity contribution in [3.63, 3.8) is 0 Å². The number of hydrogen-bond donors (Lipinski definition) is 1. The van der Waals surface area contributed by atoms with Crippen LogP contribution in [0.5, 0.6) is 5.75 Å². The summed E-state index contributed by atoms with van der Waals surface area (Å²) in [5, 5.41) is 2.77. The van der Waals surface area contributed by atoms with Crippen molar-refractivity contribution < 1.29 is 14.3 Å². The molecule has 0 heterocycles. The Kier molecular flexibility index (Phi) is 5.27. The zero-order chi connectivity index (χ0) is 17.8. The molecule has 3 rings (SSSR count). The number of methoxy groups -OCH3 is 1. The maximum Gasteiger partial charge on any atom is 0.411 e. The van der Waals surface area contributed by atoms with E-state index < -0.39 is 6.09 Å². The lowest BCUT2D eigenvalue weighted by Crippen LogP contribution is -2.13. The van der Waals surface area contributed by atoms with Crippen LogP contribution in [0, 0.1) is 6.92 Å². The van der Waals surface area contributed by atoms with E-state index in [9.17, 15) is 4.79 Å². The third-order valence-corrected chi connectivity index (χ3v) is 4.63. The average Bonchev–Trinajstić information content (AvgIpc) is 3.46. The quantitative estimate of drug-likeness (QED) is 0.787. The van der Waals surface area contributed by atoms with E-state index in [1.165, 1.54) is 31.1 Å². The summed E-state index contributed by atoms with van der Waals surface area (Å²) >= 11 is 0. The first-order chi connectivity index (χ1) is 12.1. The molecule has 1 amide bonds. The first kappa shape index (κ1) is 17.3. The van der Waals surface area contributed by atoms with E-state index in [-0.39, 0.29) is 0 Å². The number of carbonyl (C=O) groups excluding carboxylic acids is 1. The van der Waals surface area contributed by atoms with Crippen LogP contribution in [0.25, 0.3) is 0 Å². The minimum atomic E-state index is -0.469. The van der Waals surface area contributed by atoms with Crippen LogP contribution in [-0.4, -0.2) is 13.2 Å². The normalized spacial score (nSPS) is 13.4. The zero-order valence-corrected chi connectivity index (χ0v) is 15.1. The zero-order valence-electron chi connectivity index (χ0n) is 15.1. The van der Waals surface area contributed by atoms with Gasteiger partial charge in [-0.25, -0.2) is 4.79 Å². The summed E-state index contributed by atoms with van der Waals surface area (Å²) in [4.78, 5) is 11.6. The predicted molar refractivity (Wildman–Crippen MR) is 99.3 cm³/mol. The lowest BCUT2D eigenvalue weighted by molar-refractivity contribution is 0.187. The molecule has 1 aliphatic rings. The maximum atomic E-state index is 11.6.